The molecule has 4 N–H and O–H groups in total. The van der Waals surface area contributed by atoms with E-state index in [2.05, 4.69) is 0 Å². The van der Waals surface area contributed by atoms with Crippen LogP contribution in [0.15, 0.2) is 30.3 Å². The molecule has 0 aliphatic rings. The zero-order valence-corrected chi connectivity index (χ0v) is 21.4. The highest BCUT2D eigenvalue weighted by atomic mass is 16.6. The number of aromatic hydroxyl groups is 3. The Morgan fingerprint density at radius 2 is 1.13 bits per heavy atom. The Hall–Kier alpha value is -5.26. The van der Waals surface area contributed by atoms with Gasteiger partial charge in [-0.1, -0.05) is 0 Å². The van der Waals surface area contributed by atoms with Crippen LogP contribution < -0.4 is 18.9 Å². The molecule has 0 aliphatic carbocycles. The first-order chi connectivity index (χ1) is 18.2. The van der Waals surface area contributed by atoms with E-state index < -0.39 is 41.1 Å². The summed E-state index contributed by atoms with van der Waals surface area (Å²) in [6, 6.07) is 5.49. The summed E-state index contributed by atoms with van der Waals surface area (Å²) in [5.74, 6) is -6.30. The highest BCUT2D eigenvalue weighted by Gasteiger charge is 2.26. The lowest BCUT2D eigenvalue weighted by atomic mass is 10.0. The van der Waals surface area contributed by atoms with Gasteiger partial charge >= 0.3 is 23.9 Å². The molecule has 0 aromatic heterocycles. The minimum atomic E-state index is -1.36. The molecule has 3 aromatic rings. The van der Waals surface area contributed by atoms with E-state index in [0.29, 0.717) is 0 Å². The summed E-state index contributed by atoms with van der Waals surface area (Å²) in [5.41, 5.74) is -0.620. The summed E-state index contributed by atoms with van der Waals surface area (Å²) < 4.78 is 20.7. The third-order valence-electron chi connectivity index (χ3n) is 5.55. The highest BCUT2D eigenvalue weighted by molar-refractivity contribution is 5.99. The van der Waals surface area contributed by atoms with Gasteiger partial charge in [-0.3, -0.25) is 4.79 Å². The van der Waals surface area contributed by atoms with Gasteiger partial charge in [-0.05, 0) is 44.0 Å². The van der Waals surface area contributed by atoms with Gasteiger partial charge in [-0.2, -0.15) is 0 Å². The van der Waals surface area contributed by atoms with Crippen molar-refractivity contribution in [3.8, 4) is 40.2 Å². The van der Waals surface area contributed by atoms with Crippen LogP contribution in [0.3, 0.4) is 0 Å². The lowest BCUT2D eigenvalue weighted by Gasteiger charge is -2.16. The second-order valence-electron chi connectivity index (χ2n) is 8.37. The molecule has 0 bridgehead atoms. The predicted molar refractivity (Wildman–Crippen MR) is 133 cm³/mol. The van der Waals surface area contributed by atoms with E-state index in [-0.39, 0.29) is 56.4 Å². The van der Waals surface area contributed by atoms with Crippen LogP contribution in [0.2, 0.25) is 0 Å². The number of ether oxygens (including phenoxy) is 4. The number of aromatic carboxylic acids is 1. The number of hydrogen-bond acceptors (Lipinski definition) is 11. The lowest BCUT2D eigenvalue weighted by Crippen LogP contribution is -2.14. The second-order valence-corrected chi connectivity index (χ2v) is 8.37. The summed E-state index contributed by atoms with van der Waals surface area (Å²) in [7, 11) is 1.28. The van der Waals surface area contributed by atoms with Crippen molar-refractivity contribution in [3.05, 3.63) is 63.7 Å². The first kappa shape index (κ1) is 28.3. The highest BCUT2D eigenvalue weighted by Crippen LogP contribution is 2.40. The molecule has 12 heteroatoms. The van der Waals surface area contributed by atoms with Gasteiger partial charge in [0.05, 0.1) is 7.11 Å². The van der Waals surface area contributed by atoms with Crippen LogP contribution in [-0.2, 0) is 4.79 Å². The van der Waals surface area contributed by atoms with Gasteiger partial charge in [-0.15, -0.1) is 0 Å². The van der Waals surface area contributed by atoms with Crippen LogP contribution >= 0.6 is 0 Å². The Kier molecular flexibility index (Phi) is 7.99. The molecule has 0 unspecified atom stereocenters. The summed E-state index contributed by atoms with van der Waals surface area (Å²) >= 11 is 0. The smallest absolute Gasteiger partial charge is 0.347 e. The zero-order chi connectivity index (χ0) is 29.2. The fourth-order valence-corrected chi connectivity index (χ4v) is 3.88. The Balaban J connectivity index is 1.89. The molecule has 3 rings (SSSR count). The number of rotatable bonds is 7. The van der Waals surface area contributed by atoms with E-state index in [1.807, 2.05) is 0 Å². The van der Waals surface area contributed by atoms with Crippen molar-refractivity contribution in [2.45, 2.75) is 27.7 Å². The second kappa shape index (κ2) is 11.0. The molecule has 0 amide bonds. The first-order valence-electron chi connectivity index (χ1n) is 11.2. The summed E-state index contributed by atoms with van der Waals surface area (Å²) in [5, 5.41) is 40.0. The summed E-state index contributed by atoms with van der Waals surface area (Å²) in [6.45, 7) is 5.39. The molecular weight excluding hydrogens is 516 g/mol. The Bertz CT molecular complexity index is 1470. The average Bonchev–Trinajstić information content (AvgIpc) is 2.79. The fourth-order valence-electron chi connectivity index (χ4n) is 3.88. The molecule has 0 atom stereocenters. The van der Waals surface area contributed by atoms with Gasteiger partial charge in [0.25, 0.3) is 0 Å². The van der Waals surface area contributed by atoms with E-state index in [0.717, 1.165) is 25.1 Å². The van der Waals surface area contributed by atoms with E-state index >= 15 is 0 Å². The van der Waals surface area contributed by atoms with Crippen molar-refractivity contribution in [1.82, 2.24) is 0 Å². The zero-order valence-electron chi connectivity index (χ0n) is 21.4. The Morgan fingerprint density at radius 1 is 0.667 bits per heavy atom. The van der Waals surface area contributed by atoms with Gasteiger partial charge < -0.3 is 39.4 Å². The molecule has 3 aromatic carbocycles. The number of esters is 3. The van der Waals surface area contributed by atoms with Crippen molar-refractivity contribution in [1.29, 1.82) is 0 Å². The number of aryl methyl sites for hydroxylation is 2. The van der Waals surface area contributed by atoms with Crippen molar-refractivity contribution in [2.75, 3.05) is 7.11 Å². The molecule has 0 aliphatic heterocycles. The third-order valence-corrected chi connectivity index (χ3v) is 5.55. The van der Waals surface area contributed by atoms with Gasteiger partial charge in [0.2, 0.25) is 0 Å². The number of phenolic OH excluding ortho intramolecular Hbond substituents is 2. The molecular formula is C27H24O12. The van der Waals surface area contributed by atoms with Crippen molar-refractivity contribution < 1.29 is 58.6 Å². The molecule has 12 nitrogen and oxygen atoms in total. The summed E-state index contributed by atoms with van der Waals surface area (Å²) in [4.78, 5) is 48.4. The standard InChI is InChI=1S/C27H24O12/c1-11-6-15(8-17(29)21(11)25(32)33)38-26(34)22-12(2)7-16(9-18(22)30)39-27(35)23-13(3)24(37-14(4)28)20(36-5)10-19(23)31/h6-10,29-31H,1-5H3,(H,32,33). The van der Waals surface area contributed by atoms with Gasteiger partial charge in [0, 0.05) is 30.7 Å². The van der Waals surface area contributed by atoms with E-state index in [1.54, 1.807) is 0 Å². The number of hydrogen-bond donors (Lipinski definition) is 4. The minimum Gasteiger partial charge on any atom is -0.507 e. The maximum Gasteiger partial charge on any atom is 0.347 e. The molecule has 0 radical (unpaired) electrons. The van der Waals surface area contributed by atoms with E-state index in [4.69, 9.17) is 24.1 Å². The van der Waals surface area contributed by atoms with E-state index in [1.165, 1.54) is 40.0 Å². The van der Waals surface area contributed by atoms with Gasteiger partial charge in [-0.25, -0.2) is 14.4 Å². The Morgan fingerprint density at radius 3 is 1.56 bits per heavy atom. The molecule has 0 fully saturated rings. The van der Waals surface area contributed by atoms with Crippen LogP contribution in [0.1, 0.15) is 54.7 Å². The SMILES string of the molecule is COc1cc(O)c(C(=O)Oc2cc(C)c(C(=O)Oc3cc(C)c(C(=O)O)c(O)c3)c(O)c2)c(C)c1OC(C)=O. The van der Waals surface area contributed by atoms with Crippen LogP contribution in [0, 0.1) is 20.8 Å². The number of carbonyl (C=O) groups is 4. The van der Waals surface area contributed by atoms with Crippen molar-refractivity contribution in [2.24, 2.45) is 0 Å². The predicted octanol–water partition coefficient (Wildman–Crippen LogP) is 3.80. The number of carboxylic acids is 1. The normalized spacial score (nSPS) is 10.5. The van der Waals surface area contributed by atoms with Crippen molar-refractivity contribution in [3.63, 3.8) is 0 Å². The third kappa shape index (κ3) is 5.85. The number of carbonyl (C=O) groups excluding carboxylic acids is 3. The fraction of sp³-hybridized carbons (Fsp3) is 0.185. The van der Waals surface area contributed by atoms with Crippen LogP contribution in [-0.4, -0.2) is 51.4 Å². The van der Waals surface area contributed by atoms with Crippen LogP contribution in [0.4, 0.5) is 0 Å². The first-order valence-corrected chi connectivity index (χ1v) is 11.2. The monoisotopic (exact) mass is 540 g/mol. The number of benzene rings is 3. The number of phenols is 3. The average molecular weight is 540 g/mol. The van der Waals surface area contributed by atoms with Crippen molar-refractivity contribution >= 4 is 23.9 Å². The quantitative estimate of drug-likeness (QED) is 0.251. The van der Waals surface area contributed by atoms with Crippen LogP contribution in [0.5, 0.6) is 40.2 Å². The number of methoxy groups -OCH3 is 1. The Labute approximate surface area is 221 Å². The molecule has 0 heterocycles. The maximum absolute atomic E-state index is 12.9. The number of carboxylic acid groups (broad SMARTS) is 1. The van der Waals surface area contributed by atoms with E-state index in [9.17, 15) is 34.5 Å². The van der Waals surface area contributed by atoms with Crippen LogP contribution in [0.25, 0.3) is 0 Å². The summed E-state index contributed by atoms with van der Waals surface area (Å²) in [6.07, 6.45) is 0. The molecule has 204 valence electrons. The largest absolute Gasteiger partial charge is 0.507 e. The molecule has 0 spiro atoms. The van der Waals surface area contributed by atoms with Gasteiger partial charge in [0.1, 0.15) is 45.4 Å². The topological polar surface area (TPSA) is 186 Å². The minimum absolute atomic E-state index is 0.00853. The molecule has 0 saturated heterocycles. The molecule has 0 saturated carbocycles. The lowest BCUT2D eigenvalue weighted by molar-refractivity contribution is -0.132. The van der Waals surface area contributed by atoms with Gasteiger partial charge in [0.15, 0.2) is 11.5 Å². The maximum atomic E-state index is 12.9. The molecule has 39 heavy (non-hydrogen) atoms.